The lowest BCUT2D eigenvalue weighted by Crippen LogP contribution is -2.53. The molecule has 2 saturated heterocycles. The second-order valence-electron chi connectivity index (χ2n) is 12.8. The molecule has 2 N–H and O–H groups in total. The molecule has 4 amide bonds. The van der Waals surface area contributed by atoms with Crippen molar-refractivity contribution in [2.45, 2.75) is 44.4 Å². The average Bonchev–Trinajstić information content (AvgIpc) is 3.44. The molecular weight excluding hydrogens is 582 g/mol. The highest BCUT2D eigenvalue weighted by molar-refractivity contribution is 6.13. The lowest BCUT2D eigenvalue weighted by atomic mass is 9.49. The number of aryl methyl sites for hydroxylation is 1. The number of ether oxygens (including phenoxy) is 1. The van der Waals surface area contributed by atoms with Gasteiger partial charge in [0.25, 0.3) is 11.8 Å². The van der Waals surface area contributed by atoms with Gasteiger partial charge in [-0.3, -0.25) is 29.5 Å². The lowest BCUT2D eigenvalue weighted by Gasteiger charge is -2.50. The molecule has 3 fully saturated rings. The first-order chi connectivity index (χ1) is 22.2. The number of para-hydroxylation sites is 1. The van der Waals surface area contributed by atoms with Gasteiger partial charge in [0.2, 0.25) is 11.8 Å². The standard InChI is InChI=1S/C37H37N3O6/c1-4-19-39-33(42)25-18-17-24-27(30(25)35(39)44)20-28-34(43)40(38-23-15-13-21(2)14-16-23)36(45)37(28,22-9-6-5-7-10-22)31(24)26-11-8-12-29(46-3)32(26)41/h5-17,25,27-28,30-31,38,41H,4,18-20H2,1-3H3/t25-,27+,28-,30-,31+,37+/m0/s1. The molecule has 0 radical (unpaired) electrons. The van der Waals surface area contributed by atoms with E-state index in [2.05, 4.69) is 5.43 Å². The fourth-order valence-corrected chi connectivity index (χ4v) is 8.54. The number of aromatic hydroxyl groups is 1. The molecule has 3 aromatic carbocycles. The summed E-state index contributed by atoms with van der Waals surface area (Å²) >= 11 is 0. The van der Waals surface area contributed by atoms with Crippen LogP contribution < -0.4 is 10.2 Å². The monoisotopic (exact) mass is 619 g/mol. The van der Waals surface area contributed by atoms with Crippen LogP contribution in [0, 0.1) is 30.6 Å². The van der Waals surface area contributed by atoms with Gasteiger partial charge in [-0.25, -0.2) is 0 Å². The minimum Gasteiger partial charge on any atom is -0.504 e. The van der Waals surface area contributed by atoms with Crippen molar-refractivity contribution in [2.24, 2.45) is 23.7 Å². The number of nitrogens with one attached hydrogen (secondary N) is 1. The van der Waals surface area contributed by atoms with Gasteiger partial charge < -0.3 is 9.84 Å². The number of hydrogen-bond acceptors (Lipinski definition) is 7. The first-order valence-electron chi connectivity index (χ1n) is 15.9. The zero-order valence-electron chi connectivity index (χ0n) is 26.1. The van der Waals surface area contributed by atoms with Crippen LogP contribution in [0.5, 0.6) is 11.5 Å². The number of hydrazine groups is 1. The van der Waals surface area contributed by atoms with Crippen molar-refractivity contribution in [1.82, 2.24) is 9.91 Å². The second-order valence-corrected chi connectivity index (χ2v) is 12.8. The van der Waals surface area contributed by atoms with Crippen LogP contribution in [-0.2, 0) is 24.6 Å². The van der Waals surface area contributed by atoms with Gasteiger partial charge >= 0.3 is 0 Å². The van der Waals surface area contributed by atoms with Crippen LogP contribution in [0.15, 0.2) is 84.4 Å². The molecule has 0 aromatic heterocycles. The van der Waals surface area contributed by atoms with Crippen molar-refractivity contribution < 1.29 is 29.0 Å². The molecule has 46 heavy (non-hydrogen) atoms. The number of phenols is 1. The number of nitrogens with zero attached hydrogens (tertiary/aromatic N) is 2. The SMILES string of the molecule is CCCN1C(=O)[C@H]2[C@H](CC=C3[C@H]2C[C@H]2C(=O)N(Nc4ccc(C)cc4)C(=O)[C@@]2(c2ccccc2)[C@H]3c2cccc(OC)c2O)C1=O. The molecule has 9 nitrogen and oxygen atoms in total. The van der Waals surface area contributed by atoms with Gasteiger partial charge in [0.1, 0.15) is 0 Å². The van der Waals surface area contributed by atoms with Crippen molar-refractivity contribution in [1.29, 1.82) is 0 Å². The molecule has 7 rings (SSSR count). The summed E-state index contributed by atoms with van der Waals surface area (Å²) in [5.74, 6) is -4.50. The van der Waals surface area contributed by atoms with Gasteiger partial charge in [-0.15, -0.1) is 0 Å². The normalized spacial score (nSPS) is 28.5. The zero-order chi connectivity index (χ0) is 32.3. The maximum absolute atomic E-state index is 15.1. The number of carbonyl (C=O) groups excluding carboxylic acids is 4. The van der Waals surface area contributed by atoms with Gasteiger partial charge in [0, 0.05) is 18.0 Å². The fourth-order valence-electron chi connectivity index (χ4n) is 8.54. The zero-order valence-corrected chi connectivity index (χ0v) is 26.1. The molecule has 0 spiro atoms. The largest absolute Gasteiger partial charge is 0.504 e. The summed E-state index contributed by atoms with van der Waals surface area (Å²) in [6, 6.07) is 21.9. The molecule has 9 heteroatoms. The fraction of sp³-hybridized carbons (Fsp3) is 0.351. The number of likely N-dealkylation sites (tertiary alicyclic amines) is 1. The highest BCUT2D eigenvalue weighted by Crippen LogP contribution is 2.65. The van der Waals surface area contributed by atoms with E-state index in [0.717, 1.165) is 16.1 Å². The molecule has 2 aliphatic heterocycles. The Balaban J connectivity index is 1.46. The van der Waals surface area contributed by atoms with E-state index >= 15 is 4.79 Å². The number of rotatable bonds is 7. The Labute approximate surface area is 267 Å². The Morgan fingerprint density at radius 1 is 0.913 bits per heavy atom. The maximum atomic E-state index is 15.1. The summed E-state index contributed by atoms with van der Waals surface area (Å²) in [6.45, 7) is 4.23. The number of allylic oxidation sites excluding steroid dienone is 2. The molecular formula is C37H37N3O6. The Kier molecular flexibility index (Phi) is 7.22. The number of hydrogen-bond donors (Lipinski definition) is 2. The molecule has 2 heterocycles. The highest BCUT2D eigenvalue weighted by atomic mass is 16.5. The Morgan fingerprint density at radius 3 is 2.35 bits per heavy atom. The predicted molar refractivity (Wildman–Crippen MR) is 170 cm³/mol. The number of imide groups is 2. The van der Waals surface area contributed by atoms with E-state index in [4.69, 9.17) is 4.74 Å². The minimum atomic E-state index is -1.45. The summed E-state index contributed by atoms with van der Waals surface area (Å²) in [4.78, 5) is 58.6. The quantitative estimate of drug-likeness (QED) is 0.279. The van der Waals surface area contributed by atoms with Crippen LogP contribution >= 0.6 is 0 Å². The van der Waals surface area contributed by atoms with Crippen LogP contribution in [0.1, 0.15) is 48.8 Å². The van der Waals surface area contributed by atoms with E-state index in [1.54, 1.807) is 18.2 Å². The van der Waals surface area contributed by atoms with E-state index < -0.39 is 46.8 Å². The van der Waals surface area contributed by atoms with E-state index in [0.29, 0.717) is 36.2 Å². The minimum absolute atomic E-state index is 0.126. The van der Waals surface area contributed by atoms with Crippen LogP contribution in [0.2, 0.25) is 0 Å². The van der Waals surface area contributed by atoms with Crippen molar-refractivity contribution in [2.75, 3.05) is 19.1 Å². The summed E-state index contributed by atoms with van der Waals surface area (Å²) in [5.41, 5.74) is 5.12. The van der Waals surface area contributed by atoms with Crippen molar-refractivity contribution >= 4 is 29.3 Å². The van der Waals surface area contributed by atoms with Gasteiger partial charge in [0.05, 0.1) is 36.0 Å². The van der Waals surface area contributed by atoms with Gasteiger partial charge in [-0.1, -0.05) is 78.7 Å². The number of carbonyl (C=O) groups is 4. The van der Waals surface area contributed by atoms with Crippen molar-refractivity contribution in [3.63, 3.8) is 0 Å². The van der Waals surface area contributed by atoms with Crippen LogP contribution in [-0.4, -0.2) is 52.3 Å². The summed E-state index contributed by atoms with van der Waals surface area (Å²) in [6.07, 6.45) is 3.18. The van der Waals surface area contributed by atoms with E-state index in [9.17, 15) is 19.5 Å². The molecule has 236 valence electrons. The Hall–Kier alpha value is -4.92. The van der Waals surface area contributed by atoms with Crippen LogP contribution in [0.4, 0.5) is 5.69 Å². The highest BCUT2D eigenvalue weighted by Gasteiger charge is 2.70. The molecule has 1 saturated carbocycles. The first kappa shape index (κ1) is 29.8. The van der Waals surface area contributed by atoms with E-state index in [1.807, 2.05) is 74.5 Å². The number of amides is 4. The Bertz CT molecular complexity index is 1770. The Morgan fingerprint density at radius 2 is 1.65 bits per heavy atom. The molecule has 2 aliphatic carbocycles. The number of benzene rings is 3. The molecule has 0 bridgehead atoms. The maximum Gasteiger partial charge on any atom is 0.260 e. The number of fused-ring (bicyclic) bond motifs is 4. The molecule has 6 atom stereocenters. The van der Waals surface area contributed by atoms with Crippen molar-refractivity contribution in [3.05, 3.63) is 101 Å². The molecule has 0 unspecified atom stereocenters. The topological polar surface area (TPSA) is 116 Å². The smallest absolute Gasteiger partial charge is 0.260 e. The molecule has 4 aliphatic rings. The number of anilines is 1. The third-order valence-corrected chi connectivity index (χ3v) is 10.5. The van der Waals surface area contributed by atoms with Crippen LogP contribution in [0.3, 0.4) is 0 Å². The number of methoxy groups -OCH3 is 1. The predicted octanol–water partition coefficient (Wildman–Crippen LogP) is 5.10. The lowest BCUT2D eigenvalue weighted by molar-refractivity contribution is -0.141. The van der Waals surface area contributed by atoms with Gasteiger partial charge in [-0.2, -0.15) is 5.01 Å². The van der Waals surface area contributed by atoms with E-state index in [-0.39, 0.29) is 29.7 Å². The first-order valence-corrected chi connectivity index (χ1v) is 15.9. The summed E-state index contributed by atoms with van der Waals surface area (Å²) < 4.78 is 5.51. The molecule has 3 aromatic rings. The van der Waals surface area contributed by atoms with Crippen LogP contribution in [0.25, 0.3) is 0 Å². The number of phenolic OH excluding ortho intramolecular Hbond substituents is 1. The van der Waals surface area contributed by atoms with E-state index in [1.165, 1.54) is 12.0 Å². The second kappa shape index (κ2) is 11.2. The van der Waals surface area contributed by atoms with Gasteiger partial charge in [0.15, 0.2) is 11.5 Å². The average molecular weight is 620 g/mol. The van der Waals surface area contributed by atoms with Gasteiger partial charge in [-0.05, 0) is 55.9 Å². The third-order valence-electron chi connectivity index (χ3n) is 10.5. The summed E-state index contributed by atoms with van der Waals surface area (Å²) in [7, 11) is 1.46. The third kappa shape index (κ3) is 4.13. The summed E-state index contributed by atoms with van der Waals surface area (Å²) in [5, 5.41) is 12.8. The van der Waals surface area contributed by atoms with Crippen molar-refractivity contribution in [3.8, 4) is 11.5 Å².